The van der Waals surface area contributed by atoms with Gasteiger partial charge in [-0.25, -0.2) is 4.39 Å². The Morgan fingerprint density at radius 1 is 1.19 bits per heavy atom. The maximum atomic E-state index is 13.9. The van der Waals surface area contributed by atoms with Crippen LogP contribution in [0.25, 0.3) is 0 Å². The first-order valence-electron chi connectivity index (χ1n) is 7.82. The second kappa shape index (κ2) is 8.11. The minimum Gasteiger partial charge on any atom is -0.391 e. The molecule has 0 saturated carbocycles. The van der Waals surface area contributed by atoms with Gasteiger partial charge < -0.3 is 5.11 Å². The summed E-state index contributed by atoms with van der Waals surface area (Å²) in [5, 5.41) is 11.3. The minimum absolute atomic E-state index is 0.282. The van der Waals surface area contributed by atoms with Crippen molar-refractivity contribution in [2.75, 3.05) is 13.1 Å². The van der Waals surface area contributed by atoms with Crippen LogP contribution in [-0.4, -0.2) is 34.7 Å². The number of aliphatic hydroxyl groups excluding tert-OH is 1. The molecule has 0 heterocycles. The fourth-order valence-corrected chi connectivity index (χ4v) is 3.53. The van der Waals surface area contributed by atoms with Crippen LogP contribution in [0.5, 0.6) is 0 Å². The minimum atomic E-state index is -0.625. The van der Waals surface area contributed by atoms with Crippen molar-refractivity contribution in [1.82, 2.24) is 4.90 Å². The standard InChI is InChI=1S/C17H27ClFNO/c1-5-17(6-2,20(7-3)8-4)16(21)12-13-11-14(18)9-10-15(13)19/h9-11,16,21H,5-8,12H2,1-4H3. The zero-order chi connectivity index (χ0) is 16.0. The van der Waals surface area contributed by atoms with Gasteiger partial charge in [0.2, 0.25) is 0 Å². The maximum absolute atomic E-state index is 13.9. The predicted molar refractivity (Wildman–Crippen MR) is 87.4 cm³/mol. The summed E-state index contributed by atoms with van der Waals surface area (Å²) in [4.78, 5) is 2.28. The highest BCUT2D eigenvalue weighted by atomic mass is 35.5. The number of hydrogen-bond acceptors (Lipinski definition) is 2. The van der Waals surface area contributed by atoms with E-state index in [4.69, 9.17) is 11.6 Å². The van der Waals surface area contributed by atoms with Crippen LogP contribution < -0.4 is 0 Å². The number of halogens is 2. The number of benzene rings is 1. The molecule has 1 N–H and O–H groups in total. The Labute approximate surface area is 132 Å². The molecule has 1 aromatic carbocycles. The van der Waals surface area contributed by atoms with Crippen LogP contribution in [0.1, 0.15) is 46.1 Å². The van der Waals surface area contributed by atoms with Crippen molar-refractivity contribution in [2.24, 2.45) is 0 Å². The third-order valence-electron chi connectivity index (χ3n) is 4.66. The van der Waals surface area contributed by atoms with Crippen LogP contribution in [0.3, 0.4) is 0 Å². The Balaban J connectivity index is 3.06. The molecule has 0 aliphatic carbocycles. The SMILES string of the molecule is CCN(CC)C(CC)(CC)C(O)Cc1cc(Cl)ccc1F. The van der Waals surface area contributed by atoms with Crippen LogP contribution in [0, 0.1) is 5.82 Å². The summed E-state index contributed by atoms with van der Waals surface area (Å²) in [7, 11) is 0. The van der Waals surface area contributed by atoms with E-state index in [-0.39, 0.29) is 17.8 Å². The van der Waals surface area contributed by atoms with Crippen molar-refractivity contribution >= 4 is 11.6 Å². The van der Waals surface area contributed by atoms with E-state index in [1.54, 1.807) is 6.07 Å². The van der Waals surface area contributed by atoms with Crippen molar-refractivity contribution in [1.29, 1.82) is 0 Å². The summed E-state index contributed by atoms with van der Waals surface area (Å²) in [6, 6.07) is 4.50. The van der Waals surface area contributed by atoms with E-state index in [0.29, 0.717) is 10.6 Å². The molecule has 2 nitrogen and oxygen atoms in total. The topological polar surface area (TPSA) is 23.5 Å². The molecule has 1 unspecified atom stereocenters. The highest BCUT2D eigenvalue weighted by Crippen LogP contribution is 2.31. The lowest BCUT2D eigenvalue weighted by Gasteiger charge is -2.46. The molecule has 0 aliphatic heterocycles. The largest absolute Gasteiger partial charge is 0.391 e. The quantitative estimate of drug-likeness (QED) is 0.774. The van der Waals surface area contributed by atoms with Crippen molar-refractivity contribution in [3.8, 4) is 0 Å². The van der Waals surface area contributed by atoms with Crippen LogP contribution >= 0.6 is 11.6 Å². The first-order chi connectivity index (χ1) is 9.94. The van der Waals surface area contributed by atoms with Crippen molar-refractivity contribution in [3.05, 3.63) is 34.6 Å². The lowest BCUT2D eigenvalue weighted by atomic mass is 9.81. The molecule has 0 spiro atoms. The fourth-order valence-electron chi connectivity index (χ4n) is 3.33. The molecule has 1 atom stereocenters. The molecule has 0 fully saturated rings. The molecular weight excluding hydrogens is 289 g/mol. The summed E-state index contributed by atoms with van der Waals surface area (Å²) in [6.45, 7) is 10.1. The maximum Gasteiger partial charge on any atom is 0.126 e. The third-order valence-corrected chi connectivity index (χ3v) is 4.89. The lowest BCUT2D eigenvalue weighted by Crippen LogP contribution is -2.56. The monoisotopic (exact) mass is 315 g/mol. The van der Waals surface area contributed by atoms with Crippen LogP contribution in [0.15, 0.2) is 18.2 Å². The number of hydrogen-bond donors (Lipinski definition) is 1. The zero-order valence-electron chi connectivity index (χ0n) is 13.5. The van der Waals surface area contributed by atoms with Gasteiger partial charge in [-0.2, -0.15) is 0 Å². The Morgan fingerprint density at radius 3 is 2.24 bits per heavy atom. The van der Waals surface area contributed by atoms with E-state index in [9.17, 15) is 9.50 Å². The molecule has 0 bridgehead atoms. The molecule has 120 valence electrons. The number of nitrogens with zero attached hydrogens (tertiary/aromatic N) is 1. The van der Waals surface area contributed by atoms with Gasteiger partial charge in [0.1, 0.15) is 5.82 Å². The predicted octanol–water partition coefficient (Wildman–Crippen LogP) is 4.28. The molecule has 4 heteroatoms. The van der Waals surface area contributed by atoms with Crippen molar-refractivity contribution in [3.63, 3.8) is 0 Å². The van der Waals surface area contributed by atoms with Crippen LogP contribution in [0.4, 0.5) is 4.39 Å². The van der Waals surface area contributed by atoms with E-state index in [2.05, 4.69) is 32.6 Å². The average molecular weight is 316 g/mol. The van der Waals surface area contributed by atoms with Gasteiger partial charge in [0.15, 0.2) is 0 Å². The Kier molecular flexibility index (Phi) is 7.11. The molecule has 0 aromatic heterocycles. The van der Waals surface area contributed by atoms with Gasteiger partial charge in [-0.15, -0.1) is 0 Å². The second-order valence-electron chi connectivity index (χ2n) is 5.44. The van der Waals surface area contributed by atoms with Gasteiger partial charge in [0.05, 0.1) is 6.10 Å². The zero-order valence-corrected chi connectivity index (χ0v) is 14.3. The van der Waals surface area contributed by atoms with E-state index in [0.717, 1.165) is 25.9 Å². The molecular formula is C17H27ClFNO. The summed E-state index contributed by atoms with van der Waals surface area (Å²) in [6.07, 6.45) is 1.31. The first-order valence-corrected chi connectivity index (χ1v) is 8.19. The fraction of sp³-hybridized carbons (Fsp3) is 0.647. The highest BCUT2D eigenvalue weighted by molar-refractivity contribution is 6.30. The number of aliphatic hydroxyl groups is 1. The van der Waals surface area contributed by atoms with Crippen LogP contribution in [-0.2, 0) is 6.42 Å². The van der Waals surface area contributed by atoms with Crippen molar-refractivity contribution < 1.29 is 9.50 Å². The van der Waals surface area contributed by atoms with Crippen LogP contribution in [0.2, 0.25) is 5.02 Å². The highest BCUT2D eigenvalue weighted by Gasteiger charge is 2.39. The smallest absolute Gasteiger partial charge is 0.126 e. The summed E-state index contributed by atoms with van der Waals surface area (Å²) in [5.41, 5.74) is 0.159. The number of rotatable bonds is 8. The van der Waals surface area contributed by atoms with Gasteiger partial charge in [-0.1, -0.05) is 39.3 Å². The lowest BCUT2D eigenvalue weighted by molar-refractivity contribution is -0.0344. The Bertz CT molecular complexity index is 444. The van der Waals surface area contributed by atoms with E-state index in [1.807, 2.05) is 0 Å². The number of likely N-dealkylation sites (N-methyl/N-ethyl adjacent to an activating group) is 1. The molecule has 0 amide bonds. The van der Waals surface area contributed by atoms with E-state index >= 15 is 0 Å². The molecule has 0 radical (unpaired) electrons. The molecule has 21 heavy (non-hydrogen) atoms. The molecule has 0 saturated heterocycles. The summed E-state index contributed by atoms with van der Waals surface area (Å²) in [5.74, 6) is -0.306. The van der Waals surface area contributed by atoms with Gasteiger partial charge in [0, 0.05) is 17.0 Å². The van der Waals surface area contributed by atoms with Gasteiger partial charge >= 0.3 is 0 Å². The Morgan fingerprint density at radius 2 is 1.76 bits per heavy atom. The van der Waals surface area contributed by atoms with E-state index < -0.39 is 6.10 Å². The molecule has 1 aromatic rings. The Hall–Kier alpha value is -0.640. The molecule has 1 rings (SSSR count). The third kappa shape index (κ3) is 3.97. The summed E-state index contributed by atoms with van der Waals surface area (Å²) >= 11 is 5.94. The molecule has 0 aliphatic rings. The second-order valence-corrected chi connectivity index (χ2v) is 5.88. The summed E-state index contributed by atoms with van der Waals surface area (Å²) < 4.78 is 13.9. The van der Waals surface area contributed by atoms with Gasteiger partial charge in [-0.3, -0.25) is 4.90 Å². The first kappa shape index (κ1) is 18.4. The van der Waals surface area contributed by atoms with E-state index in [1.165, 1.54) is 12.1 Å². The van der Waals surface area contributed by atoms with Gasteiger partial charge in [-0.05, 0) is 49.7 Å². The van der Waals surface area contributed by atoms with Gasteiger partial charge in [0.25, 0.3) is 0 Å². The average Bonchev–Trinajstić information content (AvgIpc) is 2.48. The normalized spacial score (nSPS) is 13.7. The van der Waals surface area contributed by atoms with Crippen molar-refractivity contribution in [2.45, 2.75) is 58.6 Å².